The molecular weight excluding hydrogens is 346 g/mol. The van der Waals surface area contributed by atoms with Crippen LogP contribution in [0.4, 0.5) is 5.69 Å². The summed E-state index contributed by atoms with van der Waals surface area (Å²) < 4.78 is 5.86. The van der Waals surface area contributed by atoms with Crippen molar-refractivity contribution in [2.24, 2.45) is 0 Å². The molecule has 0 saturated carbocycles. The lowest BCUT2D eigenvalue weighted by Crippen LogP contribution is -2.23. The lowest BCUT2D eigenvalue weighted by atomic mass is 9.86. The molecule has 0 spiro atoms. The molecule has 144 valence electrons. The highest BCUT2D eigenvalue weighted by atomic mass is 16.5. The van der Waals surface area contributed by atoms with Crippen LogP contribution in [0.5, 0.6) is 5.75 Å². The molecule has 3 aromatic rings. The summed E-state index contributed by atoms with van der Waals surface area (Å²) in [6.45, 7) is 6.38. The smallest absolute Gasteiger partial charge is 0.262 e. The van der Waals surface area contributed by atoms with E-state index in [0.29, 0.717) is 0 Å². The number of benzene rings is 3. The van der Waals surface area contributed by atoms with Gasteiger partial charge in [0, 0.05) is 12.1 Å². The van der Waals surface area contributed by atoms with E-state index in [1.165, 1.54) is 5.56 Å². The third-order valence-electron chi connectivity index (χ3n) is 4.58. The Hall–Kier alpha value is -3.07. The number of amides is 1. The maximum Gasteiger partial charge on any atom is 0.262 e. The molecule has 0 aliphatic heterocycles. The third kappa shape index (κ3) is 5.23. The van der Waals surface area contributed by atoms with Gasteiger partial charge in [-0.1, -0.05) is 87.5 Å². The van der Waals surface area contributed by atoms with E-state index in [4.69, 9.17) is 4.74 Å². The molecule has 0 aliphatic carbocycles. The van der Waals surface area contributed by atoms with E-state index in [9.17, 15) is 4.79 Å². The summed E-state index contributed by atoms with van der Waals surface area (Å²) in [6.07, 6.45) is 0.769. The Labute approximate surface area is 167 Å². The van der Waals surface area contributed by atoms with E-state index in [0.717, 1.165) is 29.0 Å². The highest BCUT2D eigenvalue weighted by Gasteiger charge is 2.18. The van der Waals surface area contributed by atoms with Crippen LogP contribution >= 0.6 is 0 Å². The zero-order valence-corrected chi connectivity index (χ0v) is 16.7. The minimum absolute atomic E-state index is 0.0235. The maximum atomic E-state index is 12.5. The van der Waals surface area contributed by atoms with Crippen LogP contribution in [-0.2, 0) is 16.6 Å². The molecule has 3 aromatic carbocycles. The Bertz CT molecular complexity index is 927. The Balaban J connectivity index is 1.66. The number of carbonyl (C=O) groups is 1. The monoisotopic (exact) mass is 373 g/mol. The minimum Gasteiger partial charge on any atom is -0.483 e. The first-order valence-corrected chi connectivity index (χ1v) is 9.57. The lowest BCUT2D eigenvalue weighted by Gasteiger charge is -2.23. The molecule has 3 heteroatoms. The van der Waals surface area contributed by atoms with Gasteiger partial charge in [-0.2, -0.15) is 0 Å². The Morgan fingerprint density at radius 2 is 1.50 bits per heavy atom. The van der Waals surface area contributed by atoms with Crippen molar-refractivity contribution in [3.63, 3.8) is 0 Å². The molecule has 0 radical (unpaired) electrons. The standard InChI is InChI=1S/C25H27NO2/c1-25(2,3)21-14-8-9-15-22(21)26-24(27)18-28-23-16-10-7-13-20(23)17-19-11-5-4-6-12-19/h4-16H,17-18H2,1-3H3,(H,26,27). The first-order chi connectivity index (χ1) is 13.4. The van der Waals surface area contributed by atoms with E-state index >= 15 is 0 Å². The average Bonchev–Trinajstić information content (AvgIpc) is 2.68. The fraction of sp³-hybridized carbons (Fsp3) is 0.240. The van der Waals surface area contributed by atoms with Crippen LogP contribution in [0.3, 0.4) is 0 Å². The minimum atomic E-state index is -0.161. The molecule has 3 rings (SSSR count). The van der Waals surface area contributed by atoms with Gasteiger partial charge in [0.15, 0.2) is 6.61 Å². The van der Waals surface area contributed by atoms with Crippen molar-refractivity contribution in [1.82, 2.24) is 0 Å². The summed E-state index contributed by atoms with van der Waals surface area (Å²) in [6, 6.07) is 26.0. The fourth-order valence-electron chi connectivity index (χ4n) is 3.18. The molecule has 0 bridgehead atoms. The third-order valence-corrected chi connectivity index (χ3v) is 4.58. The Morgan fingerprint density at radius 1 is 0.857 bits per heavy atom. The van der Waals surface area contributed by atoms with Gasteiger partial charge in [0.25, 0.3) is 5.91 Å². The summed E-state index contributed by atoms with van der Waals surface area (Å²) in [5, 5.41) is 2.99. The topological polar surface area (TPSA) is 38.3 Å². The number of carbonyl (C=O) groups excluding carboxylic acids is 1. The molecule has 3 nitrogen and oxygen atoms in total. The number of hydrogen-bond acceptors (Lipinski definition) is 2. The molecule has 0 unspecified atom stereocenters. The molecule has 1 amide bonds. The summed E-state index contributed by atoms with van der Waals surface area (Å²) >= 11 is 0. The van der Waals surface area contributed by atoms with Crippen molar-refractivity contribution < 1.29 is 9.53 Å². The van der Waals surface area contributed by atoms with Crippen molar-refractivity contribution in [2.75, 3.05) is 11.9 Å². The highest BCUT2D eigenvalue weighted by molar-refractivity contribution is 5.92. The number of anilines is 1. The largest absolute Gasteiger partial charge is 0.483 e. The molecule has 0 aromatic heterocycles. The van der Waals surface area contributed by atoms with E-state index in [-0.39, 0.29) is 17.9 Å². The number of rotatable bonds is 6. The van der Waals surface area contributed by atoms with Crippen molar-refractivity contribution in [2.45, 2.75) is 32.6 Å². The predicted octanol–water partition coefficient (Wildman–Crippen LogP) is 5.59. The molecule has 0 atom stereocenters. The molecule has 0 aliphatic rings. The second-order valence-electron chi connectivity index (χ2n) is 7.90. The molecule has 28 heavy (non-hydrogen) atoms. The van der Waals surface area contributed by atoms with E-state index in [1.54, 1.807) is 0 Å². The van der Waals surface area contributed by atoms with Crippen LogP contribution in [0.15, 0.2) is 78.9 Å². The predicted molar refractivity (Wildman–Crippen MR) is 115 cm³/mol. The second-order valence-corrected chi connectivity index (χ2v) is 7.90. The lowest BCUT2D eigenvalue weighted by molar-refractivity contribution is -0.118. The van der Waals surface area contributed by atoms with Crippen molar-refractivity contribution in [3.8, 4) is 5.75 Å². The number of para-hydroxylation sites is 2. The summed E-state index contributed by atoms with van der Waals surface area (Å²) in [5.41, 5.74) is 4.17. The first-order valence-electron chi connectivity index (χ1n) is 9.57. The van der Waals surface area contributed by atoms with Crippen LogP contribution < -0.4 is 10.1 Å². The zero-order valence-electron chi connectivity index (χ0n) is 16.7. The zero-order chi connectivity index (χ0) is 20.0. The van der Waals surface area contributed by atoms with Gasteiger partial charge in [-0.25, -0.2) is 0 Å². The van der Waals surface area contributed by atoms with Gasteiger partial charge in [-0.3, -0.25) is 4.79 Å². The number of nitrogens with one attached hydrogen (secondary N) is 1. The average molecular weight is 373 g/mol. The van der Waals surface area contributed by atoms with Crippen LogP contribution in [0.1, 0.15) is 37.5 Å². The van der Waals surface area contributed by atoms with E-state index in [1.807, 2.05) is 66.7 Å². The van der Waals surface area contributed by atoms with Crippen molar-refractivity contribution in [1.29, 1.82) is 0 Å². The van der Waals surface area contributed by atoms with Crippen LogP contribution in [-0.4, -0.2) is 12.5 Å². The Kier molecular flexibility index (Phi) is 6.15. The van der Waals surface area contributed by atoms with E-state index < -0.39 is 0 Å². The SMILES string of the molecule is CC(C)(C)c1ccccc1NC(=O)COc1ccccc1Cc1ccccc1. The second kappa shape index (κ2) is 8.75. The summed E-state index contributed by atoms with van der Waals surface area (Å²) in [7, 11) is 0. The van der Waals surface area contributed by atoms with Gasteiger partial charge in [-0.05, 0) is 34.2 Å². The molecule has 0 heterocycles. The van der Waals surface area contributed by atoms with Crippen LogP contribution in [0.2, 0.25) is 0 Å². The van der Waals surface area contributed by atoms with Crippen LogP contribution in [0.25, 0.3) is 0 Å². The fourth-order valence-corrected chi connectivity index (χ4v) is 3.18. The van der Waals surface area contributed by atoms with Crippen LogP contribution in [0, 0.1) is 0 Å². The molecule has 0 saturated heterocycles. The first kappa shape index (κ1) is 19.7. The van der Waals surface area contributed by atoms with Gasteiger partial charge >= 0.3 is 0 Å². The van der Waals surface area contributed by atoms with Gasteiger partial charge in [-0.15, -0.1) is 0 Å². The van der Waals surface area contributed by atoms with E-state index in [2.05, 4.69) is 38.2 Å². The van der Waals surface area contributed by atoms with Gasteiger partial charge in [0.1, 0.15) is 5.75 Å². The number of hydrogen-bond donors (Lipinski definition) is 1. The summed E-state index contributed by atoms with van der Waals surface area (Å²) in [4.78, 5) is 12.5. The quantitative estimate of drug-likeness (QED) is 0.611. The number of ether oxygens (including phenoxy) is 1. The highest BCUT2D eigenvalue weighted by Crippen LogP contribution is 2.29. The molecule has 0 fully saturated rings. The van der Waals surface area contributed by atoms with Gasteiger partial charge in [0.2, 0.25) is 0 Å². The summed E-state index contributed by atoms with van der Waals surface area (Å²) in [5.74, 6) is 0.580. The maximum absolute atomic E-state index is 12.5. The Morgan fingerprint density at radius 3 is 2.25 bits per heavy atom. The van der Waals surface area contributed by atoms with Gasteiger partial charge < -0.3 is 10.1 Å². The molecule has 1 N–H and O–H groups in total. The van der Waals surface area contributed by atoms with Crippen molar-refractivity contribution >= 4 is 11.6 Å². The normalized spacial score (nSPS) is 11.1. The van der Waals surface area contributed by atoms with Crippen molar-refractivity contribution in [3.05, 3.63) is 95.6 Å². The molecular formula is C25H27NO2. The van der Waals surface area contributed by atoms with Gasteiger partial charge in [0.05, 0.1) is 0 Å².